The van der Waals surface area contributed by atoms with Crippen LogP contribution in [0.1, 0.15) is 38.6 Å². The molecular formula is C19H25N3O3. The van der Waals surface area contributed by atoms with E-state index in [2.05, 4.69) is 11.9 Å². The molecule has 2 aromatic rings. The predicted molar refractivity (Wildman–Crippen MR) is 95.6 cm³/mol. The van der Waals surface area contributed by atoms with Crippen molar-refractivity contribution < 1.29 is 9.21 Å². The first-order valence-corrected chi connectivity index (χ1v) is 9.18. The number of benzene rings is 1. The van der Waals surface area contributed by atoms with Crippen molar-refractivity contribution in [1.82, 2.24) is 14.4 Å². The maximum atomic E-state index is 13.2. The number of likely N-dealkylation sites (N-methyl/N-ethyl adjacent to an activating group) is 1. The van der Waals surface area contributed by atoms with Crippen LogP contribution in [0.2, 0.25) is 0 Å². The predicted octanol–water partition coefficient (Wildman–Crippen LogP) is 2.24. The Kier molecular flexibility index (Phi) is 4.15. The highest BCUT2D eigenvalue weighted by molar-refractivity contribution is 5.83. The zero-order chi connectivity index (χ0) is 17.6. The molecule has 4 rings (SSSR count). The Labute approximate surface area is 147 Å². The summed E-state index contributed by atoms with van der Waals surface area (Å²) in [6.07, 6.45) is 4.43. The second kappa shape index (κ2) is 6.33. The molecule has 25 heavy (non-hydrogen) atoms. The lowest BCUT2D eigenvalue weighted by Gasteiger charge is -2.34. The lowest BCUT2D eigenvalue weighted by Crippen LogP contribution is -2.49. The molecule has 1 amide bonds. The van der Waals surface area contributed by atoms with Crippen molar-refractivity contribution in [1.29, 1.82) is 0 Å². The molecule has 6 heteroatoms. The maximum absolute atomic E-state index is 13.2. The summed E-state index contributed by atoms with van der Waals surface area (Å²) in [5.74, 6) is -0.438. The molecule has 0 spiro atoms. The van der Waals surface area contributed by atoms with E-state index in [0.29, 0.717) is 17.1 Å². The van der Waals surface area contributed by atoms with E-state index in [4.69, 9.17) is 4.42 Å². The largest absolute Gasteiger partial charge is 0.420 e. The van der Waals surface area contributed by atoms with Crippen molar-refractivity contribution in [2.24, 2.45) is 0 Å². The number of aromatic nitrogens is 1. The van der Waals surface area contributed by atoms with E-state index in [1.54, 1.807) is 13.0 Å². The van der Waals surface area contributed by atoms with E-state index in [0.717, 1.165) is 32.4 Å². The summed E-state index contributed by atoms with van der Waals surface area (Å²) in [6.45, 7) is 3.69. The molecular weight excluding hydrogens is 318 g/mol. The molecule has 3 heterocycles. The number of nitrogens with zero attached hydrogens (tertiary/aromatic N) is 3. The monoisotopic (exact) mass is 343 g/mol. The Hall–Kier alpha value is -2.08. The van der Waals surface area contributed by atoms with Crippen molar-refractivity contribution in [3.63, 3.8) is 0 Å². The van der Waals surface area contributed by atoms with Crippen molar-refractivity contribution in [2.75, 3.05) is 20.1 Å². The first kappa shape index (κ1) is 16.4. The zero-order valence-corrected chi connectivity index (χ0v) is 14.9. The fourth-order valence-corrected chi connectivity index (χ4v) is 4.59. The average molecular weight is 343 g/mol. The van der Waals surface area contributed by atoms with Gasteiger partial charge in [-0.15, -0.1) is 0 Å². The second-order valence-corrected chi connectivity index (χ2v) is 7.31. The number of carbonyl (C=O) groups excluding carboxylic acids is 1. The van der Waals surface area contributed by atoms with Crippen LogP contribution in [0.25, 0.3) is 11.1 Å². The number of oxazole rings is 1. The van der Waals surface area contributed by atoms with Gasteiger partial charge >= 0.3 is 5.76 Å². The molecule has 0 radical (unpaired) electrons. The molecule has 2 aliphatic heterocycles. The molecule has 0 bridgehead atoms. The molecule has 2 saturated heterocycles. The fourth-order valence-electron chi connectivity index (χ4n) is 4.59. The summed E-state index contributed by atoms with van der Waals surface area (Å²) in [5.41, 5.74) is 1.21. The number of carbonyl (C=O) groups is 1. The molecule has 0 saturated carbocycles. The third-order valence-corrected chi connectivity index (χ3v) is 5.87. The van der Waals surface area contributed by atoms with Gasteiger partial charge in [0.25, 0.3) is 0 Å². The van der Waals surface area contributed by atoms with Crippen LogP contribution in [0.15, 0.2) is 33.5 Å². The average Bonchev–Trinajstić information content (AvgIpc) is 3.30. The summed E-state index contributed by atoms with van der Waals surface area (Å²) in [5, 5.41) is 0. The van der Waals surface area contributed by atoms with Crippen LogP contribution in [-0.4, -0.2) is 52.5 Å². The molecule has 0 unspecified atom stereocenters. The zero-order valence-electron chi connectivity index (χ0n) is 14.9. The summed E-state index contributed by atoms with van der Waals surface area (Å²) in [4.78, 5) is 29.9. The molecule has 1 aromatic carbocycles. The molecule has 2 aliphatic rings. The quantitative estimate of drug-likeness (QED) is 0.858. The minimum Gasteiger partial charge on any atom is -0.408 e. The molecule has 0 N–H and O–H groups in total. The van der Waals surface area contributed by atoms with Gasteiger partial charge < -0.3 is 14.2 Å². The van der Waals surface area contributed by atoms with Crippen LogP contribution in [0, 0.1) is 0 Å². The van der Waals surface area contributed by atoms with Gasteiger partial charge in [-0.25, -0.2) is 4.79 Å². The Morgan fingerprint density at radius 2 is 1.88 bits per heavy atom. The lowest BCUT2D eigenvalue weighted by atomic mass is 10.0. The topological polar surface area (TPSA) is 58.7 Å². The van der Waals surface area contributed by atoms with Gasteiger partial charge in [0.1, 0.15) is 6.04 Å². The molecule has 0 aliphatic carbocycles. The second-order valence-electron chi connectivity index (χ2n) is 7.31. The highest BCUT2D eigenvalue weighted by Crippen LogP contribution is 2.31. The first-order valence-electron chi connectivity index (χ1n) is 9.18. The van der Waals surface area contributed by atoms with Gasteiger partial charge in [0.15, 0.2) is 5.58 Å². The van der Waals surface area contributed by atoms with Crippen molar-refractivity contribution >= 4 is 17.0 Å². The summed E-state index contributed by atoms with van der Waals surface area (Å²) in [7, 11) is 2.15. The standard InChI is InChI=1S/C19H25N3O3/c1-13(22-16-7-3-4-10-17(16)25-19(22)24)18(23)21-12-6-9-15(21)14-8-5-11-20(14)2/h3-4,7,10,13-15H,5-6,8-9,11-12H2,1-2H3/t13-,14+,15+/m1/s1. The number of likely N-dealkylation sites (tertiary alicyclic amines) is 2. The van der Waals surface area contributed by atoms with Crippen LogP contribution < -0.4 is 5.76 Å². The van der Waals surface area contributed by atoms with Crippen molar-refractivity contribution in [3.8, 4) is 0 Å². The number of hydrogen-bond donors (Lipinski definition) is 0. The van der Waals surface area contributed by atoms with E-state index in [1.165, 1.54) is 11.0 Å². The third kappa shape index (κ3) is 2.68. The smallest absolute Gasteiger partial charge is 0.408 e. The van der Waals surface area contributed by atoms with E-state index in [1.807, 2.05) is 23.1 Å². The van der Waals surface area contributed by atoms with Gasteiger partial charge in [-0.05, 0) is 58.3 Å². The number of rotatable bonds is 3. The van der Waals surface area contributed by atoms with Crippen LogP contribution >= 0.6 is 0 Å². The van der Waals surface area contributed by atoms with E-state index in [-0.39, 0.29) is 11.9 Å². The van der Waals surface area contributed by atoms with Crippen LogP contribution in [0.3, 0.4) is 0 Å². The third-order valence-electron chi connectivity index (χ3n) is 5.87. The maximum Gasteiger partial charge on any atom is 0.420 e. The van der Waals surface area contributed by atoms with Gasteiger partial charge in [-0.1, -0.05) is 12.1 Å². The minimum atomic E-state index is -0.552. The van der Waals surface area contributed by atoms with E-state index in [9.17, 15) is 9.59 Å². The Balaban J connectivity index is 1.63. The Bertz CT molecular complexity index is 840. The molecule has 3 atom stereocenters. The Morgan fingerprint density at radius 1 is 1.16 bits per heavy atom. The Morgan fingerprint density at radius 3 is 2.64 bits per heavy atom. The van der Waals surface area contributed by atoms with Crippen molar-refractivity contribution in [2.45, 2.75) is 50.7 Å². The minimum absolute atomic E-state index is 0.0245. The van der Waals surface area contributed by atoms with Gasteiger partial charge in [0.2, 0.25) is 5.91 Å². The van der Waals surface area contributed by atoms with E-state index < -0.39 is 11.8 Å². The highest BCUT2D eigenvalue weighted by atomic mass is 16.4. The number of amides is 1. The normalized spacial score (nSPS) is 25.8. The summed E-state index contributed by atoms with van der Waals surface area (Å²) in [6, 6.07) is 7.43. The molecule has 134 valence electrons. The summed E-state index contributed by atoms with van der Waals surface area (Å²) >= 11 is 0. The highest BCUT2D eigenvalue weighted by Gasteiger charge is 2.40. The van der Waals surface area contributed by atoms with Crippen LogP contribution in [0.5, 0.6) is 0 Å². The van der Waals surface area contributed by atoms with Crippen LogP contribution in [-0.2, 0) is 4.79 Å². The lowest BCUT2D eigenvalue weighted by molar-refractivity contribution is -0.136. The number of fused-ring (bicyclic) bond motifs is 1. The van der Waals surface area contributed by atoms with Crippen molar-refractivity contribution in [3.05, 3.63) is 34.8 Å². The number of para-hydroxylation sites is 2. The molecule has 1 aromatic heterocycles. The SMILES string of the molecule is C[C@H](C(=O)N1CCC[C@H]1[C@@H]1CCCN1C)n1c(=O)oc2ccccc21. The van der Waals surface area contributed by atoms with Gasteiger partial charge in [0.05, 0.1) is 5.52 Å². The van der Waals surface area contributed by atoms with Gasteiger partial charge in [-0.2, -0.15) is 0 Å². The summed E-state index contributed by atoms with van der Waals surface area (Å²) < 4.78 is 6.80. The molecule has 6 nitrogen and oxygen atoms in total. The fraction of sp³-hybridized carbons (Fsp3) is 0.579. The van der Waals surface area contributed by atoms with Crippen LogP contribution in [0.4, 0.5) is 0 Å². The van der Waals surface area contributed by atoms with Gasteiger partial charge in [0, 0.05) is 18.6 Å². The van der Waals surface area contributed by atoms with Gasteiger partial charge in [-0.3, -0.25) is 9.36 Å². The van der Waals surface area contributed by atoms with E-state index >= 15 is 0 Å². The first-order chi connectivity index (χ1) is 12.1. The number of hydrogen-bond acceptors (Lipinski definition) is 4. The molecule has 2 fully saturated rings.